The second kappa shape index (κ2) is 7.19. The maximum absolute atomic E-state index is 12.9. The lowest BCUT2D eigenvalue weighted by atomic mass is 10.3. The normalized spacial score (nSPS) is 12.4. The molecule has 0 aliphatic rings. The van der Waals surface area contributed by atoms with Crippen molar-refractivity contribution >= 4 is 0 Å². The van der Waals surface area contributed by atoms with Crippen LogP contribution in [0.1, 0.15) is 6.92 Å². The van der Waals surface area contributed by atoms with Crippen molar-refractivity contribution in [3.05, 3.63) is 30.1 Å². The van der Waals surface area contributed by atoms with Crippen molar-refractivity contribution < 1.29 is 13.9 Å². The van der Waals surface area contributed by atoms with E-state index >= 15 is 0 Å². The zero-order valence-electron chi connectivity index (χ0n) is 9.70. The SMILES string of the molecule is COCCNCC(C)Oc1cccc(F)c1. The number of ether oxygens (including phenoxy) is 2. The van der Waals surface area contributed by atoms with E-state index in [-0.39, 0.29) is 11.9 Å². The van der Waals surface area contributed by atoms with Crippen LogP contribution >= 0.6 is 0 Å². The fourth-order valence-electron chi connectivity index (χ4n) is 1.29. The van der Waals surface area contributed by atoms with Gasteiger partial charge in [0.2, 0.25) is 0 Å². The number of methoxy groups -OCH3 is 1. The third-order valence-electron chi connectivity index (χ3n) is 2.05. The maximum atomic E-state index is 12.9. The summed E-state index contributed by atoms with van der Waals surface area (Å²) in [6.07, 6.45) is -0.00124. The summed E-state index contributed by atoms with van der Waals surface area (Å²) in [7, 11) is 1.66. The molecule has 1 atom stereocenters. The molecule has 0 bridgehead atoms. The van der Waals surface area contributed by atoms with Crippen molar-refractivity contribution in [2.45, 2.75) is 13.0 Å². The van der Waals surface area contributed by atoms with Crippen LogP contribution in [-0.2, 0) is 4.74 Å². The first-order chi connectivity index (χ1) is 7.72. The molecule has 1 N–H and O–H groups in total. The Morgan fingerprint density at radius 3 is 2.94 bits per heavy atom. The number of rotatable bonds is 7. The Morgan fingerprint density at radius 1 is 1.44 bits per heavy atom. The number of hydrogen-bond donors (Lipinski definition) is 1. The Hall–Kier alpha value is -1.13. The van der Waals surface area contributed by atoms with Crippen LogP contribution in [0.4, 0.5) is 4.39 Å². The quantitative estimate of drug-likeness (QED) is 0.721. The number of hydrogen-bond acceptors (Lipinski definition) is 3. The van der Waals surface area contributed by atoms with Gasteiger partial charge in [0.1, 0.15) is 17.7 Å². The topological polar surface area (TPSA) is 30.5 Å². The molecule has 3 nitrogen and oxygen atoms in total. The van der Waals surface area contributed by atoms with Crippen molar-refractivity contribution in [3.8, 4) is 5.75 Å². The van der Waals surface area contributed by atoms with E-state index < -0.39 is 0 Å². The van der Waals surface area contributed by atoms with Gasteiger partial charge in [-0.2, -0.15) is 0 Å². The van der Waals surface area contributed by atoms with Crippen LogP contribution in [0.5, 0.6) is 5.75 Å². The van der Waals surface area contributed by atoms with Gasteiger partial charge in [-0.25, -0.2) is 4.39 Å². The Labute approximate surface area is 95.6 Å². The molecule has 90 valence electrons. The summed E-state index contributed by atoms with van der Waals surface area (Å²) >= 11 is 0. The molecule has 0 saturated carbocycles. The van der Waals surface area contributed by atoms with E-state index in [0.29, 0.717) is 18.9 Å². The van der Waals surface area contributed by atoms with E-state index in [1.165, 1.54) is 12.1 Å². The van der Waals surface area contributed by atoms with Crippen molar-refractivity contribution in [2.24, 2.45) is 0 Å². The summed E-state index contributed by atoms with van der Waals surface area (Å²) in [5, 5.41) is 3.18. The second-order valence-corrected chi connectivity index (χ2v) is 3.58. The number of nitrogens with one attached hydrogen (secondary N) is 1. The molecule has 1 unspecified atom stereocenters. The molecule has 0 heterocycles. The third kappa shape index (κ3) is 5.09. The monoisotopic (exact) mass is 227 g/mol. The molecule has 1 rings (SSSR count). The van der Waals surface area contributed by atoms with Gasteiger partial charge >= 0.3 is 0 Å². The average molecular weight is 227 g/mol. The van der Waals surface area contributed by atoms with Crippen molar-refractivity contribution in [2.75, 3.05) is 26.8 Å². The average Bonchev–Trinajstić information content (AvgIpc) is 2.24. The lowest BCUT2D eigenvalue weighted by Gasteiger charge is -2.15. The van der Waals surface area contributed by atoms with Gasteiger partial charge < -0.3 is 14.8 Å². The van der Waals surface area contributed by atoms with Crippen molar-refractivity contribution in [1.29, 1.82) is 0 Å². The van der Waals surface area contributed by atoms with E-state index in [4.69, 9.17) is 9.47 Å². The molecular formula is C12H18FNO2. The van der Waals surface area contributed by atoms with Crippen LogP contribution in [0.2, 0.25) is 0 Å². The summed E-state index contributed by atoms with van der Waals surface area (Å²) in [6, 6.07) is 6.16. The summed E-state index contributed by atoms with van der Waals surface area (Å²) < 4.78 is 23.3. The van der Waals surface area contributed by atoms with Crippen molar-refractivity contribution in [1.82, 2.24) is 5.32 Å². The zero-order chi connectivity index (χ0) is 11.8. The van der Waals surface area contributed by atoms with Gasteiger partial charge in [-0.15, -0.1) is 0 Å². The minimum Gasteiger partial charge on any atom is -0.489 e. The van der Waals surface area contributed by atoms with Gasteiger partial charge in [0.15, 0.2) is 0 Å². The highest BCUT2D eigenvalue weighted by Crippen LogP contribution is 2.13. The minimum atomic E-state index is -0.281. The van der Waals surface area contributed by atoms with Crippen LogP contribution in [0.25, 0.3) is 0 Å². The highest BCUT2D eigenvalue weighted by atomic mass is 19.1. The van der Waals surface area contributed by atoms with Gasteiger partial charge in [0.05, 0.1) is 6.61 Å². The van der Waals surface area contributed by atoms with E-state index in [0.717, 1.165) is 6.54 Å². The molecule has 0 aromatic heterocycles. The molecule has 0 saturated heterocycles. The van der Waals surface area contributed by atoms with Crippen LogP contribution in [0, 0.1) is 5.82 Å². The highest BCUT2D eigenvalue weighted by molar-refractivity contribution is 5.22. The predicted octanol–water partition coefficient (Wildman–Crippen LogP) is 1.83. The molecule has 16 heavy (non-hydrogen) atoms. The molecule has 4 heteroatoms. The Bertz CT molecular complexity index is 307. The largest absolute Gasteiger partial charge is 0.489 e. The van der Waals surface area contributed by atoms with Gasteiger partial charge in [-0.05, 0) is 19.1 Å². The summed E-state index contributed by atoms with van der Waals surface area (Å²) in [6.45, 7) is 4.10. The molecular weight excluding hydrogens is 209 g/mol. The summed E-state index contributed by atoms with van der Waals surface area (Å²) in [5.74, 6) is 0.276. The predicted molar refractivity (Wildman–Crippen MR) is 61.2 cm³/mol. The Morgan fingerprint density at radius 2 is 2.25 bits per heavy atom. The standard InChI is InChI=1S/C12H18FNO2/c1-10(9-14-6-7-15-2)16-12-5-3-4-11(13)8-12/h3-5,8,10,14H,6-7,9H2,1-2H3. The molecule has 0 aliphatic heterocycles. The van der Waals surface area contributed by atoms with Crippen LogP contribution in [0.15, 0.2) is 24.3 Å². The molecule has 1 aromatic carbocycles. The third-order valence-corrected chi connectivity index (χ3v) is 2.05. The van der Waals surface area contributed by atoms with Crippen LogP contribution in [0.3, 0.4) is 0 Å². The van der Waals surface area contributed by atoms with E-state index in [1.54, 1.807) is 19.2 Å². The second-order valence-electron chi connectivity index (χ2n) is 3.58. The van der Waals surface area contributed by atoms with E-state index in [1.807, 2.05) is 6.92 Å². The number of halogens is 1. The minimum absolute atomic E-state index is 0.00124. The Kier molecular flexibility index (Phi) is 5.82. The summed E-state index contributed by atoms with van der Waals surface area (Å²) in [4.78, 5) is 0. The lowest BCUT2D eigenvalue weighted by molar-refractivity contribution is 0.184. The number of benzene rings is 1. The van der Waals surface area contributed by atoms with E-state index in [9.17, 15) is 4.39 Å². The molecule has 0 amide bonds. The fraction of sp³-hybridized carbons (Fsp3) is 0.500. The Balaban J connectivity index is 2.25. The van der Waals surface area contributed by atoms with E-state index in [2.05, 4.69) is 5.32 Å². The first-order valence-corrected chi connectivity index (χ1v) is 5.34. The molecule has 0 fully saturated rings. The highest BCUT2D eigenvalue weighted by Gasteiger charge is 2.03. The summed E-state index contributed by atoms with van der Waals surface area (Å²) in [5.41, 5.74) is 0. The van der Waals surface area contributed by atoms with Gasteiger partial charge in [-0.1, -0.05) is 6.07 Å². The van der Waals surface area contributed by atoms with Crippen molar-refractivity contribution in [3.63, 3.8) is 0 Å². The smallest absolute Gasteiger partial charge is 0.126 e. The van der Waals surface area contributed by atoms with Gasteiger partial charge in [0, 0.05) is 26.3 Å². The molecule has 1 aromatic rings. The fourth-order valence-corrected chi connectivity index (χ4v) is 1.29. The van der Waals surface area contributed by atoms with Gasteiger partial charge in [-0.3, -0.25) is 0 Å². The first-order valence-electron chi connectivity index (χ1n) is 5.34. The van der Waals surface area contributed by atoms with Gasteiger partial charge in [0.25, 0.3) is 0 Å². The lowest BCUT2D eigenvalue weighted by Crippen LogP contribution is -2.31. The maximum Gasteiger partial charge on any atom is 0.126 e. The van der Waals surface area contributed by atoms with Crippen LogP contribution < -0.4 is 10.1 Å². The van der Waals surface area contributed by atoms with Crippen LogP contribution in [-0.4, -0.2) is 32.9 Å². The first kappa shape index (κ1) is 12.9. The molecule has 0 radical (unpaired) electrons. The zero-order valence-corrected chi connectivity index (χ0v) is 9.70. The molecule has 0 spiro atoms. The molecule has 0 aliphatic carbocycles.